The van der Waals surface area contributed by atoms with Crippen LogP contribution in [0.2, 0.25) is 0 Å². The van der Waals surface area contributed by atoms with Gasteiger partial charge in [-0.15, -0.1) is 0 Å². The van der Waals surface area contributed by atoms with Crippen molar-refractivity contribution >= 4 is 32.8 Å². The van der Waals surface area contributed by atoms with E-state index in [9.17, 15) is 8.42 Å². The number of benzene rings is 1. The molecule has 1 aromatic carbocycles. The lowest BCUT2D eigenvalue weighted by molar-refractivity contribution is 0.141. The highest BCUT2D eigenvalue weighted by Crippen LogP contribution is 2.29. The third-order valence-corrected chi connectivity index (χ3v) is 9.54. The molecule has 9 heteroatoms. The molecular formula is C26H44N4O3S2. The number of hydrogen-bond acceptors (Lipinski definition) is 6. The number of aryl methyl sites for hydroxylation is 1. The van der Waals surface area contributed by atoms with Crippen molar-refractivity contribution in [3.05, 3.63) is 18.2 Å². The maximum atomic E-state index is 13.4. The average Bonchev–Trinajstić information content (AvgIpc) is 3.15. The highest BCUT2D eigenvalue weighted by atomic mass is 32.2. The monoisotopic (exact) mass is 524 g/mol. The molecule has 2 heterocycles. The van der Waals surface area contributed by atoms with Gasteiger partial charge in [0, 0.05) is 57.2 Å². The largest absolute Gasteiger partial charge is 0.382 e. The SMILES string of the molecule is CCOCCCn1c(SCCN(C(C)C)C(C)C)nc2cc(S(=O)(=O)N3CCC[C@H](C)C3)ccc21. The lowest BCUT2D eigenvalue weighted by Crippen LogP contribution is -2.39. The first-order valence-electron chi connectivity index (χ1n) is 13.1. The van der Waals surface area contributed by atoms with Crippen LogP contribution in [0.3, 0.4) is 0 Å². The molecule has 198 valence electrons. The van der Waals surface area contributed by atoms with Crippen LogP contribution in [0, 0.1) is 5.92 Å². The minimum Gasteiger partial charge on any atom is -0.382 e. The number of imidazole rings is 1. The maximum Gasteiger partial charge on any atom is 0.243 e. The molecule has 0 amide bonds. The van der Waals surface area contributed by atoms with Crippen LogP contribution in [0.25, 0.3) is 11.0 Å². The van der Waals surface area contributed by atoms with E-state index in [1.54, 1.807) is 28.2 Å². The van der Waals surface area contributed by atoms with Crippen LogP contribution in [-0.2, 0) is 21.3 Å². The summed E-state index contributed by atoms with van der Waals surface area (Å²) in [4.78, 5) is 7.75. The van der Waals surface area contributed by atoms with Crippen molar-refractivity contribution in [1.82, 2.24) is 18.8 Å². The first-order valence-corrected chi connectivity index (χ1v) is 15.5. The van der Waals surface area contributed by atoms with Crippen LogP contribution in [0.15, 0.2) is 28.3 Å². The number of piperidine rings is 1. The molecule has 0 radical (unpaired) electrons. The number of nitrogens with zero attached hydrogens (tertiary/aromatic N) is 4. The second kappa shape index (κ2) is 12.9. The van der Waals surface area contributed by atoms with Crippen molar-refractivity contribution in [3.63, 3.8) is 0 Å². The fraction of sp³-hybridized carbons (Fsp3) is 0.731. The summed E-state index contributed by atoms with van der Waals surface area (Å²) in [6.45, 7) is 17.5. The first kappa shape index (κ1) is 28.4. The van der Waals surface area contributed by atoms with E-state index in [4.69, 9.17) is 9.72 Å². The fourth-order valence-corrected chi connectivity index (χ4v) is 7.52. The standard InChI is InChI=1S/C26H44N4O3S2/c1-7-33-16-9-14-30-25-12-11-23(35(31,32)28-13-8-10-22(6)19-28)18-24(25)27-26(30)34-17-15-29(20(2)3)21(4)5/h11-12,18,20-22H,7-10,13-17,19H2,1-6H3/t22-/m0/s1. The topological polar surface area (TPSA) is 67.7 Å². The van der Waals surface area contributed by atoms with Crippen molar-refractivity contribution in [2.45, 2.75) is 89.5 Å². The molecule has 1 aliphatic rings. The number of aromatic nitrogens is 2. The number of ether oxygens (including phenoxy) is 1. The molecule has 0 bridgehead atoms. The molecule has 1 atom stereocenters. The summed E-state index contributed by atoms with van der Waals surface area (Å²) in [5.41, 5.74) is 1.74. The van der Waals surface area contributed by atoms with Gasteiger partial charge in [-0.25, -0.2) is 13.4 Å². The third-order valence-electron chi connectivity index (χ3n) is 6.72. The van der Waals surface area contributed by atoms with Gasteiger partial charge in [-0.1, -0.05) is 18.7 Å². The molecule has 0 aliphatic carbocycles. The van der Waals surface area contributed by atoms with Crippen molar-refractivity contribution in [3.8, 4) is 0 Å². The van der Waals surface area contributed by atoms with Gasteiger partial charge in [0.1, 0.15) is 0 Å². The molecule has 7 nitrogen and oxygen atoms in total. The lowest BCUT2D eigenvalue weighted by Gasteiger charge is -2.30. The Morgan fingerprint density at radius 1 is 1.23 bits per heavy atom. The Kier molecular flexibility index (Phi) is 10.5. The van der Waals surface area contributed by atoms with E-state index in [-0.39, 0.29) is 0 Å². The highest BCUT2D eigenvalue weighted by Gasteiger charge is 2.29. The van der Waals surface area contributed by atoms with Crippen LogP contribution in [-0.4, -0.2) is 77.9 Å². The van der Waals surface area contributed by atoms with E-state index in [2.05, 4.69) is 44.1 Å². The van der Waals surface area contributed by atoms with E-state index >= 15 is 0 Å². The van der Waals surface area contributed by atoms with Crippen molar-refractivity contribution in [2.75, 3.05) is 38.6 Å². The quantitative estimate of drug-likeness (QED) is 0.268. The number of rotatable bonds is 13. The van der Waals surface area contributed by atoms with Crippen LogP contribution in [0.4, 0.5) is 0 Å². The molecule has 35 heavy (non-hydrogen) atoms. The summed E-state index contributed by atoms with van der Waals surface area (Å²) >= 11 is 1.75. The Morgan fingerprint density at radius 3 is 2.63 bits per heavy atom. The minimum absolute atomic E-state index is 0.348. The third kappa shape index (κ3) is 7.22. The zero-order valence-corrected chi connectivity index (χ0v) is 24.0. The Morgan fingerprint density at radius 2 is 1.97 bits per heavy atom. The van der Waals surface area contributed by atoms with Crippen molar-refractivity contribution in [2.24, 2.45) is 5.92 Å². The van der Waals surface area contributed by atoms with Gasteiger partial charge in [0.2, 0.25) is 10.0 Å². The molecule has 0 unspecified atom stereocenters. The van der Waals surface area contributed by atoms with E-state index in [1.165, 1.54) is 0 Å². The van der Waals surface area contributed by atoms with Crippen LogP contribution < -0.4 is 0 Å². The van der Waals surface area contributed by atoms with Crippen molar-refractivity contribution in [1.29, 1.82) is 0 Å². The maximum absolute atomic E-state index is 13.4. The smallest absolute Gasteiger partial charge is 0.243 e. The molecule has 1 aromatic heterocycles. The van der Waals surface area contributed by atoms with Gasteiger partial charge < -0.3 is 9.30 Å². The van der Waals surface area contributed by atoms with Crippen LogP contribution in [0.5, 0.6) is 0 Å². The molecule has 1 aliphatic heterocycles. The Hall–Kier alpha value is -1.13. The van der Waals surface area contributed by atoms with Gasteiger partial charge in [-0.05, 0) is 78.0 Å². The Labute approximate surface area is 216 Å². The second-order valence-electron chi connectivity index (χ2n) is 10.1. The molecule has 0 saturated carbocycles. The van der Waals surface area contributed by atoms with Crippen molar-refractivity contribution < 1.29 is 13.2 Å². The first-order chi connectivity index (χ1) is 16.6. The predicted molar refractivity (Wildman–Crippen MR) is 146 cm³/mol. The van der Waals surface area contributed by atoms with E-state index in [0.29, 0.717) is 49.2 Å². The van der Waals surface area contributed by atoms with E-state index in [1.807, 2.05) is 13.0 Å². The summed E-state index contributed by atoms with van der Waals surface area (Å²) in [5.74, 6) is 1.33. The van der Waals surface area contributed by atoms with Crippen LogP contribution in [0.1, 0.15) is 60.8 Å². The summed E-state index contributed by atoms with van der Waals surface area (Å²) in [6, 6.07) is 6.44. The second-order valence-corrected chi connectivity index (χ2v) is 13.1. The zero-order valence-electron chi connectivity index (χ0n) is 22.4. The molecule has 1 saturated heterocycles. The summed E-state index contributed by atoms with van der Waals surface area (Å²) in [5, 5.41) is 0.949. The Balaban J connectivity index is 1.85. The highest BCUT2D eigenvalue weighted by molar-refractivity contribution is 7.99. The summed E-state index contributed by atoms with van der Waals surface area (Å²) < 4.78 is 36.1. The molecular weight excluding hydrogens is 480 g/mol. The molecule has 0 N–H and O–H groups in total. The van der Waals surface area contributed by atoms with Crippen LogP contribution >= 0.6 is 11.8 Å². The number of thioether (sulfide) groups is 1. The zero-order chi connectivity index (χ0) is 25.6. The van der Waals surface area contributed by atoms with E-state index in [0.717, 1.165) is 54.3 Å². The molecule has 3 rings (SSSR count). The minimum atomic E-state index is -3.51. The van der Waals surface area contributed by atoms with E-state index < -0.39 is 10.0 Å². The Bertz CT molecular complexity index is 1040. The average molecular weight is 525 g/mol. The van der Waals surface area contributed by atoms with Gasteiger partial charge in [-0.2, -0.15) is 4.31 Å². The van der Waals surface area contributed by atoms with Gasteiger partial charge in [0.15, 0.2) is 5.16 Å². The molecule has 2 aromatic rings. The normalized spacial score (nSPS) is 17.9. The fourth-order valence-electron chi connectivity index (χ4n) is 4.91. The van der Waals surface area contributed by atoms with Gasteiger partial charge in [0.05, 0.1) is 15.9 Å². The summed E-state index contributed by atoms with van der Waals surface area (Å²) in [6.07, 6.45) is 2.90. The molecule has 1 fully saturated rings. The number of fused-ring (bicyclic) bond motifs is 1. The van der Waals surface area contributed by atoms with Gasteiger partial charge in [-0.3, -0.25) is 4.90 Å². The van der Waals surface area contributed by atoms with Gasteiger partial charge in [0.25, 0.3) is 0 Å². The van der Waals surface area contributed by atoms with Gasteiger partial charge >= 0.3 is 0 Å². The molecule has 0 spiro atoms. The number of hydrogen-bond donors (Lipinski definition) is 0. The predicted octanol–water partition coefficient (Wildman–Crippen LogP) is 5.09. The number of sulfonamides is 1. The lowest BCUT2D eigenvalue weighted by atomic mass is 10.0. The summed E-state index contributed by atoms with van der Waals surface area (Å²) in [7, 11) is -3.51.